The molecule has 5 nitrogen and oxygen atoms in total. The summed E-state index contributed by atoms with van der Waals surface area (Å²) in [4.78, 5) is 25.5. The topological polar surface area (TPSA) is 83.6 Å². The van der Waals surface area contributed by atoms with Gasteiger partial charge in [0.2, 0.25) is 5.91 Å². The van der Waals surface area contributed by atoms with E-state index >= 15 is 0 Å². The summed E-state index contributed by atoms with van der Waals surface area (Å²) in [5, 5.41) is 9.43. The van der Waals surface area contributed by atoms with Crippen LogP contribution in [0.2, 0.25) is 0 Å². The molecule has 0 aromatic heterocycles. The first kappa shape index (κ1) is 15.5. The predicted molar refractivity (Wildman–Crippen MR) is 79.6 cm³/mol. The van der Waals surface area contributed by atoms with Gasteiger partial charge >= 0.3 is 5.97 Å². The third kappa shape index (κ3) is 3.08. The monoisotopic (exact) mass is 290 g/mol. The third-order valence-electron chi connectivity index (χ3n) is 4.02. The smallest absolute Gasteiger partial charge is 0.326 e. The van der Waals surface area contributed by atoms with Crippen LogP contribution < -0.4 is 5.73 Å². The van der Waals surface area contributed by atoms with Crippen LogP contribution in [-0.2, 0) is 22.6 Å². The van der Waals surface area contributed by atoms with Crippen molar-refractivity contribution < 1.29 is 14.7 Å². The number of nitrogens with zero attached hydrogens (tertiary/aromatic N) is 1. The van der Waals surface area contributed by atoms with E-state index in [1.165, 1.54) is 4.90 Å². The maximum absolute atomic E-state index is 12.6. The highest BCUT2D eigenvalue weighted by Crippen LogP contribution is 2.27. The summed E-state index contributed by atoms with van der Waals surface area (Å²) in [5.74, 6) is -1.29. The predicted octanol–water partition coefficient (Wildman–Crippen LogP) is 1.40. The van der Waals surface area contributed by atoms with Crippen LogP contribution in [0, 0.1) is 5.41 Å². The normalized spacial score (nSPS) is 19.8. The number of carboxylic acids is 1. The highest BCUT2D eigenvalue weighted by Gasteiger charge is 2.39. The van der Waals surface area contributed by atoms with E-state index < -0.39 is 23.5 Å². The molecule has 0 saturated heterocycles. The number of aliphatic carboxylic acids is 1. The molecular formula is C16H22N2O3. The quantitative estimate of drug-likeness (QED) is 0.862. The minimum atomic E-state index is -0.987. The number of carbonyl (C=O) groups excluding carboxylic acids is 1. The van der Waals surface area contributed by atoms with Gasteiger partial charge in [-0.2, -0.15) is 0 Å². The van der Waals surface area contributed by atoms with Crippen molar-refractivity contribution in [3.63, 3.8) is 0 Å². The number of nitrogens with two attached hydrogens (primary N) is 1. The van der Waals surface area contributed by atoms with Crippen LogP contribution in [0.1, 0.15) is 31.9 Å². The average Bonchev–Trinajstić information content (AvgIpc) is 2.43. The molecule has 0 spiro atoms. The van der Waals surface area contributed by atoms with Crippen molar-refractivity contribution in [1.82, 2.24) is 4.90 Å². The van der Waals surface area contributed by atoms with Crippen molar-refractivity contribution in [2.75, 3.05) is 0 Å². The molecule has 1 unspecified atom stereocenters. The third-order valence-corrected chi connectivity index (χ3v) is 4.02. The van der Waals surface area contributed by atoms with Crippen LogP contribution in [0.4, 0.5) is 0 Å². The maximum atomic E-state index is 12.6. The molecular weight excluding hydrogens is 268 g/mol. The summed E-state index contributed by atoms with van der Waals surface area (Å²) in [6.07, 6.45) is 0.327. The van der Waals surface area contributed by atoms with Crippen LogP contribution in [0.5, 0.6) is 0 Å². The SMILES string of the molecule is CC(C)(C)C(N)C(=O)N1Cc2ccccc2C[C@H]1C(=O)O. The van der Waals surface area contributed by atoms with E-state index in [2.05, 4.69) is 0 Å². The van der Waals surface area contributed by atoms with Gasteiger partial charge in [-0.05, 0) is 16.5 Å². The van der Waals surface area contributed by atoms with Gasteiger partial charge in [-0.1, -0.05) is 45.0 Å². The summed E-state index contributed by atoms with van der Waals surface area (Å²) in [7, 11) is 0. The van der Waals surface area contributed by atoms with E-state index in [-0.39, 0.29) is 5.91 Å². The maximum Gasteiger partial charge on any atom is 0.326 e. The molecule has 2 atom stereocenters. The Morgan fingerprint density at radius 3 is 2.38 bits per heavy atom. The van der Waals surface area contributed by atoms with Gasteiger partial charge in [0.25, 0.3) is 0 Å². The molecule has 0 aliphatic carbocycles. The highest BCUT2D eigenvalue weighted by atomic mass is 16.4. The molecule has 1 aromatic carbocycles. The van der Waals surface area contributed by atoms with Gasteiger partial charge in [-0.3, -0.25) is 4.79 Å². The van der Waals surface area contributed by atoms with E-state index in [0.29, 0.717) is 13.0 Å². The van der Waals surface area contributed by atoms with Gasteiger partial charge in [0.15, 0.2) is 0 Å². The number of benzene rings is 1. The van der Waals surface area contributed by atoms with Gasteiger partial charge in [0.1, 0.15) is 6.04 Å². The van der Waals surface area contributed by atoms with Crippen molar-refractivity contribution in [2.24, 2.45) is 11.1 Å². The van der Waals surface area contributed by atoms with E-state index in [0.717, 1.165) is 11.1 Å². The first-order valence-corrected chi connectivity index (χ1v) is 7.07. The summed E-state index contributed by atoms with van der Waals surface area (Å²) in [5.41, 5.74) is 7.59. The van der Waals surface area contributed by atoms with Gasteiger partial charge in [-0.25, -0.2) is 4.79 Å². The van der Waals surface area contributed by atoms with Crippen LogP contribution in [0.15, 0.2) is 24.3 Å². The van der Waals surface area contributed by atoms with E-state index in [1.54, 1.807) is 0 Å². The van der Waals surface area contributed by atoms with Crippen molar-refractivity contribution in [3.05, 3.63) is 35.4 Å². The summed E-state index contributed by atoms with van der Waals surface area (Å²) < 4.78 is 0. The van der Waals surface area contributed by atoms with Crippen molar-refractivity contribution >= 4 is 11.9 Å². The Balaban J connectivity index is 2.33. The van der Waals surface area contributed by atoms with Gasteiger partial charge in [0, 0.05) is 13.0 Å². The minimum Gasteiger partial charge on any atom is -0.480 e. The standard InChI is InChI=1S/C16H22N2O3/c1-16(2,3)13(17)14(19)18-9-11-7-5-4-6-10(11)8-12(18)15(20)21/h4-7,12-13H,8-9,17H2,1-3H3,(H,20,21)/t12-,13?/m0/s1. The van der Waals surface area contributed by atoms with E-state index in [1.807, 2.05) is 45.0 Å². The van der Waals surface area contributed by atoms with Crippen LogP contribution in [0.3, 0.4) is 0 Å². The number of carboxylic acid groups (broad SMARTS) is 1. The first-order valence-electron chi connectivity index (χ1n) is 7.07. The lowest BCUT2D eigenvalue weighted by Gasteiger charge is -2.38. The molecule has 0 saturated carbocycles. The molecule has 1 heterocycles. The Labute approximate surface area is 124 Å². The van der Waals surface area contributed by atoms with E-state index in [4.69, 9.17) is 5.73 Å². The summed E-state index contributed by atoms with van der Waals surface area (Å²) >= 11 is 0. The second kappa shape index (κ2) is 5.48. The zero-order chi connectivity index (χ0) is 15.8. The zero-order valence-electron chi connectivity index (χ0n) is 12.7. The minimum absolute atomic E-state index is 0.301. The fourth-order valence-electron chi connectivity index (χ4n) is 2.52. The fraction of sp³-hybridized carbons (Fsp3) is 0.500. The Morgan fingerprint density at radius 2 is 1.86 bits per heavy atom. The molecule has 1 aliphatic heterocycles. The van der Waals surface area contributed by atoms with E-state index in [9.17, 15) is 14.7 Å². The largest absolute Gasteiger partial charge is 0.480 e. The number of rotatable bonds is 2. The number of carbonyl (C=O) groups is 2. The first-order chi connectivity index (χ1) is 9.71. The molecule has 0 radical (unpaired) electrons. The van der Waals surface area contributed by atoms with Crippen molar-refractivity contribution in [3.8, 4) is 0 Å². The molecule has 114 valence electrons. The lowest BCUT2D eigenvalue weighted by atomic mass is 9.85. The summed E-state index contributed by atoms with van der Waals surface area (Å²) in [6.45, 7) is 5.94. The molecule has 1 aromatic rings. The second-order valence-corrected chi connectivity index (χ2v) is 6.64. The average molecular weight is 290 g/mol. The molecule has 0 bridgehead atoms. The van der Waals surface area contributed by atoms with Gasteiger partial charge in [0.05, 0.1) is 6.04 Å². The molecule has 1 aliphatic rings. The van der Waals surface area contributed by atoms with Gasteiger partial charge < -0.3 is 15.7 Å². The van der Waals surface area contributed by atoms with Crippen LogP contribution >= 0.6 is 0 Å². The number of amides is 1. The second-order valence-electron chi connectivity index (χ2n) is 6.64. The van der Waals surface area contributed by atoms with Crippen molar-refractivity contribution in [2.45, 2.75) is 45.8 Å². The summed E-state index contributed by atoms with van der Waals surface area (Å²) in [6, 6.07) is 6.06. The Hall–Kier alpha value is -1.88. The molecule has 21 heavy (non-hydrogen) atoms. The molecule has 5 heteroatoms. The lowest BCUT2D eigenvalue weighted by Crippen LogP contribution is -2.56. The molecule has 1 amide bonds. The fourth-order valence-corrected chi connectivity index (χ4v) is 2.52. The number of hydrogen-bond donors (Lipinski definition) is 2. The van der Waals surface area contributed by atoms with Gasteiger partial charge in [-0.15, -0.1) is 0 Å². The highest BCUT2D eigenvalue weighted by molar-refractivity contribution is 5.88. The van der Waals surface area contributed by atoms with Crippen molar-refractivity contribution in [1.29, 1.82) is 0 Å². The molecule has 3 N–H and O–H groups in total. The Bertz CT molecular complexity index is 563. The van der Waals surface area contributed by atoms with Crippen LogP contribution in [-0.4, -0.2) is 34.0 Å². The molecule has 2 rings (SSSR count). The zero-order valence-corrected chi connectivity index (χ0v) is 12.7. The number of hydrogen-bond acceptors (Lipinski definition) is 3. The Morgan fingerprint density at radius 1 is 1.29 bits per heavy atom. The van der Waals surface area contributed by atoms with Crippen LogP contribution in [0.25, 0.3) is 0 Å². The molecule has 0 fully saturated rings. The Kier molecular flexibility index (Phi) is 4.05. The number of fused-ring (bicyclic) bond motifs is 1. The lowest BCUT2D eigenvalue weighted by molar-refractivity contribution is -0.153.